The van der Waals surface area contributed by atoms with E-state index in [4.69, 9.17) is 23.2 Å². The molecule has 10 heteroatoms. The van der Waals surface area contributed by atoms with Crippen LogP contribution in [0.15, 0.2) is 59.9 Å². The predicted octanol–water partition coefficient (Wildman–Crippen LogP) is 4.98. The number of thioether (sulfide) groups is 1. The largest absolute Gasteiger partial charge is 0.368 e. The summed E-state index contributed by atoms with van der Waals surface area (Å²) in [6.07, 6.45) is 1.51. The quantitative estimate of drug-likeness (QED) is 0.387. The number of hydrogen-bond donors (Lipinski definition) is 1. The van der Waals surface area contributed by atoms with Gasteiger partial charge in [-0.2, -0.15) is 0 Å². The van der Waals surface area contributed by atoms with Crippen LogP contribution >= 0.6 is 35.0 Å². The van der Waals surface area contributed by atoms with Gasteiger partial charge in [0.1, 0.15) is 23.0 Å². The molecule has 1 aliphatic rings. The first-order valence-electron chi connectivity index (χ1n) is 9.93. The molecule has 6 nitrogen and oxygen atoms in total. The van der Waals surface area contributed by atoms with E-state index >= 15 is 0 Å². The number of amides is 1. The van der Waals surface area contributed by atoms with E-state index in [9.17, 15) is 9.18 Å². The fraction of sp³-hybridized carbons (Fsp3) is 0.227. The van der Waals surface area contributed by atoms with E-state index in [1.54, 1.807) is 30.3 Å². The van der Waals surface area contributed by atoms with E-state index in [0.29, 0.717) is 20.8 Å². The number of rotatable bonds is 6. The molecular formula is C22H20Cl2FN5OS. The molecule has 0 aliphatic carbocycles. The van der Waals surface area contributed by atoms with Crippen molar-refractivity contribution in [3.8, 4) is 0 Å². The van der Waals surface area contributed by atoms with Crippen molar-refractivity contribution in [2.24, 2.45) is 0 Å². The number of nitrogens with one attached hydrogen (secondary N) is 1. The van der Waals surface area contributed by atoms with Gasteiger partial charge in [-0.25, -0.2) is 14.4 Å². The lowest BCUT2D eigenvalue weighted by Crippen LogP contribution is -2.46. The molecule has 0 atom stereocenters. The molecule has 166 valence electrons. The van der Waals surface area contributed by atoms with Crippen LogP contribution in [0, 0.1) is 5.82 Å². The fourth-order valence-electron chi connectivity index (χ4n) is 3.35. The van der Waals surface area contributed by atoms with Gasteiger partial charge in [0.05, 0.1) is 16.5 Å². The van der Waals surface area contributed by atoms with Crippen molar-refractivity contribution in [2.75, 3.05) is 47.0 Å². The van der Waals surface area contributed by atoms with Gasteiger partial charge >= 0.3 is 0 Å². The average Bonchev–Trinajstić information content (AvgIpc) is 2.81. The Bertz CT molecular complexity index is 1090. The molecule has 1 fully saturated rings. The maximum absolute atomic E-state index is 13.2. The molecule has 3 aromatic rings. The zero-order valence-electron chi connectivity index (χ0n) is 17.0. The molecule has 1 saturated heterocycles. The Balaban J connectivity index is 1.31. The van der Waals surface area contributed by atoms with E-state index < -0.39 is 0 Å². The third-order valence-corrected chi connectivity index (χ3v) is 6.47. The summed E-state index contributed by atoms with van der Waals surface area (Å²) in [5.41, 5.74) is 1.49. The number of anilines is 3. The Morgan fingerprint density at radius 2 is 1.72 bits per heavy atom. The summed E-state index contributed by atoms with van der Waals surface area (Å²) in [6.45, 7) is 3.18. The van der Waals surface area contributed by atoms with Crippen LogP contribution in [0.5, 0.6) is 0 Å². The number of benzene rings is 2. The molecule has 2 aromatic carbocycles. The number of nitrogens with zero attached hydrogens (tertiary/aromatic N) is 4. The number of piperazine rings is 1. The lowest BCUT2D eigenvalue weighted by Gasteiger charge is -2.36. The van der Waals surface area contributed by atoms with Crippen molar-refractivity contribution in [2.45, 2.75) is 5.03 Å². The van der Waals surface area contributed by atoms with Crippen LogP contribution in [0.4, 0.5) is 21.6 Å². The van der Waals surface area contributed by atoms with Crippen LogP contribution in [0.2, 0.25) is 10.0 Å². The van der Waals surface area contributed by atoms with Gasteiger partial charge in [-0.3, -0.25) is 4.79 Å². The van der Waals surface area contributed by atoms with E-state index in [-0.39, 0.29) is 17.5 Å². The van der Waals surface area contributed by atoms with Crippen molar-refractivity contribution >= 4 is 58.1 Å². The molecule has 0 spiro atoms. The van der Waals surface area contributed by atoms with Gasteiger partial charge in [-0.05, 0) is 42.5 Å². The Labute approximate surface area is 199 Å². The molecule has 1 N–H and O–H groups in total. The molecule has 0 unspecified atom stereocenters. The van der Waals surface area contributed by atoms with E-state index in [2.05, 4.69) is 25.1 Å². The van der Waals surface area contributed by atoms with Crippen molar-refractivity contribution < 1.29 is 9.18 Å². The highest BCUT2D eigenvalue weighted by atomic mass is 35.5. The second-order valence-corrected chi connectivity index (χ2v) is 8.97. The molecule has 0 saturated carbocycles. The minimum absolute atomic E-state index is 0.178. The predicted molar refractivity (Wildman–Crippen MR) is 129 cm³/mol. The first-order chi connectivity index (χ1) is 15.5. The normalized spacial score (nSPS) is 13.8. The summed E-state index contributed by atoms with van der Waals surface area (Å²) in [5.74, 6) is 0.562. The van der Waals surface area contributed by atoms with Crippen molar-refractivity contribution in [1.82, 2.24) is 9.97 Å². The summed E-state index contributed by atoms with van der Waals surface area (Å²) in [6, 6.07) is 13.4. The van der Waals surface area contributed by atoms with Crippen LogP contribution in [0.3, 0.4) is 0 Å². The molecule has 1 aromatic heterocycles. The second-order valence-electron chi connectivity index (χ2n) is 7.13. The van der Waals surface area contributed by atoms with Gasteiger partial charge < -0.3 is 15.1 Å². The highest BCUT2D eigenvalue weighted by Gasteiger charge is 2.19. The molecule has 4 rings (SSSR count). The molecule has 0 bridgehead atoms. The third-order valence-electron chi connectivity index (χ3n) is 4.98. The fourth-order valence-corrected chi connectivity index (χ4v) is 4.34. The third kappa shape index (κ3) is 5.82. The summed E-state index contributed by atoms with van der Waals surface area (Å²) < 4.78 is 13.2. The molecule has 0 radical (unpaired) electrons. The standard InChI is InChI=1S/C22H20Cl2FN5OS/c23-15-1-6-18(24)19(11-15)28-21(31)13-32-22-12-20(26-14-27-22)30-9-7-29(8-10-30)17-4-2-16(25)3-5-17/h1-6,11-12,14H,7-10,13H2,(H,28,31). The number of carbonyl (C=O) groups is 1. The number of aromatic nitrogens is 2. The lowest BCUT2D eigenvalue weighted by molar-refractivity contribution is -0.113. The zero-order valence-corrected chi connectivity index (χ0v) is 19.3. The maximum atomic E-state index is 13.2. The molecule has 1 aliphatic heterocycles. The highest BCUT2D eigenvalue weighted by molar-refractivity contribution is 7.99. The first-order valence-corrected chi connectivity index (χ1v) is 11.7. The van der Waals surface area contributed by atoms with Gasteiger partial charge in [0.15, 0.2) is 0 Å². The Hall–Kier alpha value is -2.55. The first kappa shape index (κ1) is 22.6. The van der Waals surface area contributed by atoms with Crippen molar-refractivity contribution in [1.29, 1.82) is 0 Å². The topological polar surface area (TPSA) is 61.4 Å². The minimum atomic E-state index is -0.234. The lowest BCUT2D eigenvalue weighted by atomic mass is 10.2. The Morgan fingerprint density at radius 3 is 2.47 bits per heavy atom. The Kier molecular flexibility index (Phi) is 7.34. The van der Waals surface area contributed by atoms with E-state index in [0.717, 1.165) is 37.7 Å². The van der Waals surface area contributed by atoms with Crippen LogP contribution in [0.1, 0.15) is 0 Å². The number of halogens is 3. The smallest absolute Gasteiger partial charge is 0.234 e. The van der Waals surface area contributed by atoms with Gasteiger partial charge in [-0.15, -0.1) is 0 Å². The van der Waals surface area contributed by atoms with Crippen LogP contribution < -0.4 is 15.1 Å². The number of hydrogen-bond acceptors (Lipinski definition) is 6. The summed E-state index contributed by atoms with van der Waals surface area (Å²) in [7, 11) is 0. The number of carbonyl (C=O) groups excluding carboxylic acids is 1. The molecular weight excluding hydrogens is 472 g/mol. The van der Waals surface area contributed by atoms with Crippen LogP contribution in [-0.4, -0.2) is 47.8 Å². The van der Waals surface area contributed by atoms with E-state index in [1.807, 2.05) is 6.07 Å². The monoisotopic (exact) mass is 491 g/mol. The minimum Gasteiger partial charge on any atom is -0.368 e. The zero-order chi connectivity index (χ0) is 22.5. The van der Waals surface area contributed by atoms with Gasteiger partial charge in [0.2, 0.25) is 5.91 Å². The van der Waals surface area contributed by atoms with E-state index in [1.165, 1.54) is 30.2 Å². The Morgan fingerprint density at radius 1 is 1.00 bits per heavy atom. The van der Waals surface area contributed by atoms with Crippen molar-refractivity contribution in [3.05, 3.63) is 70.7 Å². The van der Waals surface area contributed by atoms with Crippen molar-refractivity contribution in [3.63, 3.8) is 0 Å². The van der Waals surface area contributed by atoms with Crippen LogP contribution in [-0.2, 0) is 4.79 Å². The van der Waals surface area contributed by atoms with Gasteiger partial charge in [0.25, 0.3) is 0 Å². The highest BCUT2D eigenvalue weighted by Crippen LogP contribution is 2.26. The molecule has 1 amide bonds. The molecule has 2 heterocycles. The van der Waals surface area contributed by atoms with Gasteiger partial charge in [-0.1, -0.05) is 35.0 Å². The summed E-state index contributed by atoms with van der Waals surface area (Å²) >= 11 is 13.4. The van der Waals surface area contributed by atoms with Gasteiger partial charge in [0, 0.05) is 43.0 Å². The summed E-state index contributed by atoms with van der Waals surface area (Å²) in [4.78, 5) is 25.4. The second kappa shape index (κ2) is 10.4. The summed E-state index contributed by atoms with van der Waals surface area (Å²) in [5, 5.41) is 4.40. The maximum Gasteiger partial charge on any atom is 0.234 e. The average molecular weight is 492 g/mol. The van der Waals surface area contributed by atoms with Crippen LogP contribution in [0.25, 0.3) is 0 Å². The molecule has 32 heavy (non-hydrogen) atoms. The SMILES string of the molecule is O=C(CSc1cc(N2CCN(c3ccc(F)cc3)CC2)ncn1)Nc1cc(Cl)ccc1Cl.